The smallest absolute Gasteiger partial charge is 0.0558 e. The third-order valence-electron chi connectivity index (χ3n) is 3.99. The van der Waals surface area contributed by atoms with E-state index in [0.717, 1.165) is 6.54 Å². The number of rotatable bonds is 6. The third-order valence-corrected chi connectivity index (χ3v) is 3.99. The van der Waals surface area contributed by atoms with E-state index in [1.165, 1.54) is 6.42 Å². The molecule has 4 heteroatoms. The Labute approximate surface area is 126 Å². The molecule has 2 unspecified atom stereocenters. The first-order valence-corrected chi connectivity index (χ1v) is 8.26. The Kier molecular flexibility index (Phi) is 15.3. The fourth-order valence-corrected chi connectivity index (χ4v) is 2.67. The molecule has 0 saturated carbocycles. The van der Waals surface area contributed by atoms with Gasteiger partial charge in [-0.15, -0.1) is 0 Å². The molecule has 0 radical (unpaired) electrons. The summed E-state index contributed by atoms with van der Waals surface area (Å²) in [4.78, 5) is 4.58. The number of likely N-dealkylation sites (tertiary alicyclic amines) is 1. The zero-order chi connectivity index (χ0) is 16.1. The molecule has 0 aromatic carbocycles. The van der Waals surface area contributed by atoms with Crippen molar-refractivity contribution in [2.75, 3.05) is 39.9 Å². The topological polar surface area (TPSA) is 46.9 Å². The van der Waals surface area contributed by atoms with Gasteiger partial charge in [-0.2, -0.15) is 0 Å². The highest BCUT2D eigenvalue weighted by Crippen LogP contribution is 2.28. The van der Waals surface area contributed by atoms with Gasteiger partial charge >= 0.3 is 0 Å². The highest BCUT2D eigenvalue weighted by Gasteiger charge is 2.34. The normalized spacial score (nSPS) is 25.8. The predicted octanol–water partition coefficient (Wildman–Crippen LogP) is 2.05. The van der Waals surface area contributed by atoms with Crippen molar-refractivity contribution in [3.8, 4) is 0 Å². The first-order chi connectivity index (χ1) is 9.60. The molecular formula is C16H38N2O2. The zero-order valence-corrected chi connectivity index (χ0v) is 14.8. The van der Waals surface area contributed by atoms with Crippen molar-refractivity contribution < 1.29 is 10.2 Å². The molecule has 1 fully saturated rings. The van der Waals surface area contributed by atoms with Crippen molar-refractivity contribution in [2.24, 2.45) is 5.92 Å². The Bertz CT molecular complexity index is 197. The summed E-state index contributed by atoms with van der Waals surface area (Å²) >= 11 is 0. The fraction of sp³-hybridized carbons (Fsp3) is 1.00. The maximum atomic E-state index is 8.97. The van der Waals surface area contributed by atoms with Crippen LogP contribution in [0.25, 0.3) is 0 Å². The maximum absolute atomic E-state index is 8.97. The minimum absolute atomic E-state index is 0.173. The van der Waals surface area contributed by atoms with Crippen LogP contribution in [-0.4, -0.2) is 72.0 Å². The van der Waals surface area contributed by atoms with Crippen LogP contribution in [0.3, 0.4) is 0 Å². The number of aliphatic hydroxyl groups excluding tert-OH is 2. The van der Waals surface area contributed by atoms with Gasteiger partial charge in [-0.1, -0.05) is 27.7 Å². The van der Waals surface area contributed by atoms with E-state index >= 15 is 0 Å². The Morgan fingerprint density at radius 3 is 1.75 bits per heavy atom. The summed E-state index contributed by atoms with van der Waals surface area (Å²) in [5.41, 5.74) is 0. The van der Waals surface area contributed by atoms with Crippen LogP contribution in [0.2, 0.25) is 0 Å². The Hall–Kier alpha value is -0.160. The van der Waals surface area contributed by atoms with Crippen LogP contribution in [0.15, 0.2) is 0 Å². The SMILES string of the molecule is CC.CC.CC1CC(CN(CCO)CCO)[C@@H](C)N1C. The van der Waals surface area contributed by atoms with Crippen LogP contribution in [-0.2, 0) is 0 Å². The van der Waals surface area contributed by atoms with Crippen molar-refractivity contribution in [3.05, 3.63) is 0 Å². The second-order valence-electron chi connectivity index (χ2n) is 5.00. The molecule has 1 aliphatic heterocycles. The van der Waals surface area contributed by atoms with Gasteiger partial charge in [-0.25, -0.2) is 0 Å². The molecule has 0 amide bonds. The van der Waals surface area contributed by atoms with Gasteiger partial charge in [-0.05, 0) is 33.2 Å². The average molecular weight is 290 g/mol. The van der Waals surface area contributed by atoms with E-state index in [0.29, 0.717) is 31.1 Å². The maximum Gasteiger partial charge on any atom is 0.0558 e. The molecule has 3 atom stereocenters. The van der Waals surface area contributed by atoms with Crippen molar-refractivity contribution in [2.45, 2.75) is 60.0 Å². The lowest BCUT2D eigenvalue weighted by Gasteiger charge is -2.27. The molecule has 0 bridgehead atoms. The lowest BCUT2D eigenvalue weighted by molar-refractivity contribution is 0.135. The molecule has 2 N–H and O–H groups in total. The van der Waals surface area contributed by atoms with Gasteiger partial charge in [0, 0.05) is 31.7 Å². The summed E-state index contributed by atoms with van der Waals surface area (Å²) in [6.07, 6.45) is 1.21. The van der Waals surface area contributed by atoms with Gasteiger partial charge in [0.25, 0.3) is 0 Å². The molecule has 4 nitrogen and oxygen atoms in total. The third kappa shape index (κ3) is 7.58. The minimum atomic E-state index is 0.173. The Morgan fingerprint density at radius 1 is 1.00 bits per heavy atom. The van der Waals surface area contributed by atoms with E-state index in [2.05, 4.69) is 30.7 Å². The van der Waals surface area contributed by atoms with Crippen molar-refractivity contribution >= 4 is 0 Å². The number of nitrogens with zero attached hydrogens (tertiary/aromatic N) is 2. The van der Waals surface area contributed by atoms with Crippen LogP contribution in [0, 0.1) is 5.92 Å². The number of hydrogen-bond acceptors (Lipinski definition) is 4. The van der Waals surface area contributed by atoms with Crippen molar-refractivity contribution in [1.82, 2.24) is 9.80 Å². The zero-order valence-electron chi connectivity index (χ0n) is 14.8. The lowest BCUT2D eigenvalue weighted by Crippen LogP contribution is -2.38. The second-order valence-corrected chi connectivity index (χ2v) is 5.00. The molecular weight excluding hydrogens is 252 g/mol. The monoisotopic (exact) mass is 290 g/mol. The molecule has 124 valence electrons. The van der Waals surface area contributed by atoms with Crippen LogP contribution < -0.4 is 0 Å². The summed E-state index contributed by atoms with van der Waals surface area (Å²) in [6.45, 7) is 15.2. The molecule has 1 saturated heterocycles. The van der Waals surface area contributed by atoms with E-state index in [4.69, 9.17) is 10.2 Å². The molecule has 1 rings (SSSR count). The molecule has 20 heavy (non-hydrogen) atoms. The molecule has 0 aromatic heterocycles. The van der Waals surface area contributed by atoms with Crippen LogP contribution in [0.1, 0.15) is 48.0 Å². The van der Waals surface area contributed by atoms with Crippen LogP contribution >= 0.6 is 0 Å². The molecule has 1 aliphatic rings. The van der Waals surface area contributed by atoms with Crippen molar-refractivity contribution in [3.63, 3.8) is 0 Å². The summed E-state index contributed by atoms with van der Waals surface area (Å²) < 4.78 is 0. The fourth-order valence-electron chi connectivity index (χ4n) is 2.67. The molecule has 0 spiro atoms. The number of aliphatic hydroxyl groups is 2. The van der Waals surface area contributed by atoms with Gasteiger partial charge in [0.1, 0.15) is 0 Å². The number of hydrogen-bond donors (Lipinski definition) is 2. The lowest BCUT2D eigenvalue weighted by atomic mass is 9.99. The van der Waals surface area contributed by atoms with E-state index in [1.54, 1.807) is 0 Å². The summed E-state index contributed by atoms with van der Waals surface area (Å²) in [7, 11) is 2.18. The quantitative estimate of drug-likeness (QED) is 0.786. The van der Waals surface area contributed by atoms with E-state index in [1.807, 2.05) is 27.7 Å². The van der Waals surface area contributed by atoms with Crippen molar-refractivity contribution in [1.29, 1.82) is 0 Å². The van der Waals surface area contributed by atoms with Gasteiger partial charge in [-0.3, -0.25) is 4.90 Å². The van der Waals surface area contributed by atoms with Gasteiger partial charge in [0.05, 0.1) is 13.2 Å². The van der Waals surface area contributed by atoms with Gasteiger partial charge in [0.2, 0.25) is 0 Å². The average Bonchev–Trinajstić information content (AvgIpc) is 2.71. The summed E-state index contributed by atoms with van der Waals surface area (Å²) in [5, 5.41) is 17.9. The van der Waals surface area contributed by atoms with Gasteiger partial charge in [0.15, 0.2) is 0 Å². The minimum Gasteiger partial charge on any atom is -0.395 e. The first kappa shape index (κ1) is 22.1. The molecule has 0 aromatic rings. The van der Waals surface area contributed by atoms with Gasteiger partial charge < -0.3 is 15.1 Å². The van der Waals surface area contributed by atoms with E-state index in [-0.39, 0.29) is 13.2 Å². The molecule has 0 aliphatic carbocycles. The van der Waals surface area contributed by atoms with Crippen LogP contribution in [0.4, 0.5) is 0 Å². The van der Waals surface area contributed by atoms with Crippen LogP contribution in [0.5, 0.6) is 0 Å². The second kappa shape index (κ2) is 13.8. The van der Waals surface area contributed by atoms with E-state index < -0.39 is 0 Å². The Morgan fingerprint density at radius 2 is 1.45 bits per heavy atom. The highest BCUT2D eigenvalue weighted by molar-refractivity contribution is 4.88. The Balaban J connectivity index is 0. The summed E-state index contributed by atoms with van der Waals surface area (Å²) in [6, 6.07) is 1.24. The van der Waals surface area contributed by atoms with E-state index in [9.17, 15) is 0 Å². The predicted molar refractivity (Wildman–Crippen MR) is 88.1 cm³/mol. The standard InChI is InChI=1S/C12H26N2O2.2C2H6/c1-10-8-12(11(2)13(10)3)9-14(4-6-15)5-7-16;2*1-2/h10-12,15-16H,4-9H2,1-3H3;2*1-2H3/t10?,11-,12?;;/m1../s1. The molecule has 1 heterocycles. The largest absolute Gasteiger partial charge is 0.395 e. The summed E-state index contributed by atoms with van der Waals surface area (Å²) in [5.74, 6) is 0.651. The first-order valence-electron chi connectivity index (χ1n) is 8.26. The highest BCUT2D eigenvalue weighted by atomic mass is 16.3.